The van der Waals surface area contributed by atoms with Gasteiger partial charge in [0.2, 0.25) is 0 Å². The van der Waals surface area contributed by atoms with Crippen molar-refractivity contribution < 1.29 is 4.79 Å². The molecule has 0 spiro atoms. The molecule has 0 aromatic heterocycles. The van der Waals surface area contributed by atoms with Gasteiger partial charge in [0.05, 0.1) is 0 Å². The number of fused-ring (bicyclic) bond motifs is 1. The molecule has 0 radical (unpaired) electrons. The van der Waals surface area contributed by atoms with Gasteiger partial charge in [0.1, 0.15) is 0 Å². The largest absolute Gasteiger partial charge is 0.289 e. The van der Waals surface area contributed by atoms with Gasteiger partial charge in [-0.05, 0) is 90.6 Å². The fourth-order valence-electron chi connectivity index (χ4n) is 8.12. The first-order chi connectivity index (χ1) is 22.1. The third-order valence-corrected chi connectivity index (χ3v) is 11.0. The Bertz CT molecular complexity index is 2180. The maximum absolute atomic E-state index is 14.6. The lowest BCUT2D eigenvalue weighted by Crippen LogP contribution is -2.49. The summed E-state index contributed by atoms with van der Waals surface area (Å²) in [6.07, 6.45) is 14.1. The molecule has 224 valence electrons. The van der Waals surface area contributed by atoms with Crippen LogP contribution in [0.5, 0.6) is 0 Å². The van der Waals surface area contributed by atoms with E-state index in [0.29, 0.717) is 0 Å². The molecule has 4 aromatic carbocycles. The average Bonchev–Trinajstić information content (AvgIpc) is 3.06. The fourth-order valence-corrected chi connectivity index (χ4v) is 8.12. The molecule has 8 rings (SSSR count). The molecule has 1 nitrogen and oxygen atoms in total. The number of carbonyl (C=O) groups excluding carboxylic acids is 1. The summed E-state index contributed by atoms with van der Waals surface area (Å²) < 4.78 is 0. The van der Waals surface area contributed by atoms with E-state index in [-0.39, 0.29) is 16.6 Å². The molecular formula is C45H38O. The van der Waals surface area contributed by atoms with Crippen LogP contribution >= 0.6 is 0 Å². The van der Waals surface area contributed by atoms with E-state index >= 15 is 0 Å². The van der Waals surface area contributed by atoms with Crippen molar-refractivity contribution in [1.29, 1.82) is 0 Å². The third kappa shape index (κ3) is 3.97. The van der Waals surface area contributed by atoms with Crippen molar-refractivity contribution in [3.8, 4) is 0 Å². The van der Waals surface area contributed by atoms with Crippen LogP contribution < -0.4 is 0 Å². The van der Waals surface area contributed by atoms with E-state index in [2.05, 4.69) is 150 Å². The van der Waals surface area contributed by atoms with E-state index in [1.54, 1.807) is 0 Å². The van der Waals surface area contributed by atoms with E-state index in [4.69, 9.17) is 0 Å². The van der Waals surface area contributed by atoms with E-state index in [1.807, 2.05) is 24.3 Å². The first kappa shape index (κ1) is 28.5. The molecule has 0 unspecified atom stereocenters. The second-order valence-electron chi connectivity index (χ2n) is 14.4. The summed E-state index contributed by atoms with van der Waals surface area (Å²) in [4.78, 5) is 14.6. The maximum Gasteiger partial charge on any atom is 0.193 e. The monoisotopic (exact) mass is 594 g/mol. The number of hydrogen-bond donors (Lipinski definition) is 0. The SMILES string of the molecule is CC(C)(C)C1=CC2=C(c3ccccc3)C=C3C=C(C(=O)c4cccc5ccccc45)C=C4C(c5ccccc5)=CC(=C1)[C@]2(C)[C@]34C. The number of carbonyl (C=O) groups is 1. The molecule has 0 bridgehead atoms. The zero-order chi connectivity index (χ0) is 31.8. The lowest BCUT2D eigenvalue weighted by Gasteiger charge is -2.59. The smallest absolute Gasteiger partial charge is 0.193 e. The molecule has 0 saturated heterocycles. The highest BCUT2D eigenvalue weighted by Gasteiger charge is 2.59. The zero-order valence-corrected chi connectivity index (χ0v) is 27.2. The number of Topliss-reactive ketones (excluding diaryl/α,β-unsaturated/α-hetero) is 1. The van der Waals surface area contributed by atoms with Gasteiger partial charge in [-0.1, -0.05) is 150 Å². The molecule has 4 aliphatic carbocycles. The van der Waals surface area contributed by atoms with Crippen LogP contribution in [0.3, 0.4) is 0 Å². The van der Waals surface area contributed by atoms with Crippen LogP contribution in [0.25, 0.3) is 21.9 Å². The molecule has 2 atom stereocenters. The van der Waals surface area contributed by atoms with Gasteiger partial charge in [0.25, 0.3) is 0 Å². The molecule has 4 aliphatic rings. The minimum atomic E-state index is -0.394. The minimum Gasteiger partial charge on any atom is -0.289 e. The summed E-state index contributed by atoms with van der Waals surface area (Å²) in [7, 11) is 0. The Balaban J connectivity index is 1.46. The summed E-state index contributed by atoms with van der Waals surface area (Å²) >= 11 is 0. The van der Waals surface area contributed by atoms with E-state index in [9.17, 15) is 4.79 Å². The summed E-state index contributed by atoms with van der Waals surface area (Å²) in [5, 5.41) is 2.06. The van der Waals surface area contributed by atoms with Crippen LogP contribution in [0.4, 0.5) is 0 Å². The number of benzene rings is 4. The number of ketones is 1. The van der Waals surface area contributed by atoms with Crippen LogP contribution in [0.1, 0.15) is 56.1 Å². The van der Waals surface area contributed by atoms with Crippen molar-refractivity contribution in [2.24, 2.45) is 16.2 Å². The molecule has 0 heterocycles. The number of hydrogen-bond acceptors (Lipinski definition) is 1. The van der Waals surface area contributed by atoms with Crippen molar-refractivity contribution >= 4 is 27.7 Å². The second-order valence-corrected chi connectivity index (χ2v) is 14.4. The fraction of sp³-hybridized carbons (Fsp3) is 0.178. The third-order valence-electron chi connectivity index (χ3n) is 11.0. The molecule has 0 N–H and O–H groups in total. The highest BCUT2D eigenvalue weighted by molar-refractivity contribution is 6.18. The van der Waals surface area contributed by atoms with Gasteiger partial charge >= 0.3 is 0 Å². The van der Waals surface area contributed by atoms with Gasteiger partial charge in [-0.3, -0.25) is 4.79 Å². The summed E-state index contributed by atoms with van der Waals surface area (Å²) in [5.74, 6) is 0.0563. The molecule has 4 aromatic rings. The van der Waals surface area contributed by atoms with Crippen LogP contribution in [-0.2, 0) is 0 Å². The highest BCUT2D eigenvalue weighted by Crippen LogP contribution is 2.70. The summed E-state index contributed by atoms with van der Waals surface area (Å²) in [6.45, 7) is 11.7. The molecule has 0 saturated carbocycles. The number of allylic oxidation sites excluding steroid dienone is 14. The van der Waals surface area contributed by atoms with Crippen molar-refractivity contribution in [2.75, 3.05) is 0 Å². The minimum absolute atomic E-state index is 0.0184. The lowest BCUT2D eigenvalue weighted by molar-refractivity contribution is 0.103. The molecule has 46 heavy (non-hydrogen) atoms. The van der Waals surface area contributed by atoms with E-state index in [1.165, 1.54) is 50.1 Å². The second kappa shape index (κ2) is 9.99. The Morgan fingerprint density at radius 2 is 1.22 bits per heavy atom. The number of rotatable bonds is 4. The van der Waals surface area contributed by atoms with E-state index < -0.39 is 5.41 Å². The van der Waals surface area contributed by atoms with Crippen molar-refractivity contribution in [3.63, 3.8) is 0 Å². The van der Waals surface area contributed by atoms with Gasteiger partial charge in [0.15, 0.2) is 5.78 Å². The van der Waals surface area contributed by atoms with Crippen molar-refractivity contribution in [1.82, 2.24) is 0 Å². The molecule has 0 aliphatic heterocycles. The quantitative estimate of drug-likeness (QED) is 0.215. The van der Waals surface area contributed by atoms with E-state index in [0.717, 1.165) is 21.9 Å². The first-order valence-corrected chi connectivity index (χ1v) is 16.3. The summed E-state index contributed by atoms with van der Waals surface area (Å²) in [6, 6.07) is 35.7. The Hall–Kier alpha value is -5.01. The van der Waals surface area contributed by atoms with Gasteiger partial charge in [-0.2, -0.15) is 0 Å². The van der Waals surface area contributed by atoms with Crippen LogP contribution in [0.2, 0.25) is 0 Å². The average molecular weight is 595 g/mol. The summed E-state index contributed by atoms with van der Waals surface area (Å²) in [5.41, 5.74) is 11.9. The van der Waals surface area contributed by atoms with Crippen LogP contribution in [-0.4, -0.2) is 5.78 Å². The molecule has 0 fully saturated rings. The van der Waals surface area contributed by atoms with Gasteiger partial charge < -0.3 is 0 Å². The van der Waals surface area contributed by atoms with Crippen molar-refractivity contribution in [2.45, 2.75) is 34.6 Å². The highest BCUT2D eigenvalue weighted by atomic mass is 16.1. The zero-order valence-electron chi connectivity index (χ0n) is 27.2. The molecule has 0 amide bonds. The Labute approximate surface area is 272 Å². The predicted octanol–water partition coefficient (Wildman–Crippen LogP) is 11.3. The normalized spacial score (nSPS) is 23.4. The van der Waals surface area contributed by atoms with Crippen LogP contribution in [0.15, 0.2) is 173 Å². The standard InChI is InChI=1S/C45H38O/c1-43(2,3)33-25-35-27-38(30-15-8-6-9-16-30)40-24-32(42(46)37-22-14-20-29-19-12-13-21-36(29)37)23-34-26-39(31-17-10-7-11-18-31)41(28-33)45(35,5)44(34,40)4/h6-28H,1-5H3/t44-,45+/m1/s1. The van der Waals surface area contributed by atoms with Crippen LogP contribution in [0, 0.1) is 16.2 Å². The Kier molecular flexibility index (Phi) is 6.18. The van der Waals surface area contributed by atoms with Crippen molar-refractivity contribution in [3.05, 3.63) is 190 Å². The molecule has 1 heteroatoms. The molecular weight excluding hydrogens is 556 g/mol. The lowest BCUT2D eigenvalue weighted by atomic mass is 9.43. The Morgan fingerprint density at radius 1 is 0.587 bits per heavy atom. The van der Waals surface area contributed by atoms with Gasteiger partial charge in [-0.15, -0.1) is 0 Å². The topological polar surface area (TPSA) is 17.1 Å². The predicted molar refractivity (Wildman–Crippen MR) is 192 cm³/mol. The Morgan fingerprint density at radius 3 is 1.93 bits per heavy atom. The van der Waals surface area contributed by atoms with Gasteiger partial charge in [-0.25, -0.2) is 0 Å². The van der Waals surface area contributed by atoms with Gasteiger partial charge in [0, 0.05) is 22.0 Å². The maximum atomic E-state index is 14.6. The first-order valence-electron chi connectivity index (χ1n) is 16.3.